The monoisotopic (exact) mass is 822 g/mol. The summed E-state index contributed by atoms with van der Waals surface area (Å²) < 4.78 is 5.43. The van der Waals surface area contributed by atoms with Gasteiger partial charge in [-0.15, -0.1) is 0 Å². The van der Waals surface area contributed by atoms with E-state index < -0.39 is 0 Å². The number of hydrogen-bond donors (Lipinski definition) is 4. The molecule has 7 aromatic rings. The van der Waals surface area contributed by atoms with Gasteiger partial charge in [-0.25, -0.2) is 4.68 Å². The molecular formula is C50H54N12. The molecule has 2 aliphatic rings. The third kappa shape index (κ3) is 8.23. The van der Waals surface area contributed by atoms with Gasteiger partial charge in [0.25, 0.3) is 0 Å². The summed E-state index contributed by atoms with van der Waals surface area (Å²) in [6.45, 7) is 12.2. The Kier molecular flexibility index (Phi) is 11.6. The number of nitrogens with zero attached hydrogens (tertiary/aromatic N) is 8. The van der Waals surface area contributed by atoms with Crippen LogP contribution in [-0.4, -0.2) is 35.6 Å². The van der Waals surface area contributed by atoms with E-state index in [1.807, 2.05) is 87.7 Å². The van der Waals surface area contributed by atoms with Crippen LogP contribution in [-0.2, 0) is 26.9 Å². The molecule has 0 amide bonds. The van der Waals surface area contributed by atoms with Gasteiger partial charge in [0.1, 0.15) is 5.69 Å². The van der Waals surface area contributed by atoms with Gasteiger partial charge in [-0.3, -0.25) is 9.36 Å². The second-order valence-electron chi connectivity index (χ2n) is 16.3. The Hall–Kier alpha value is -7.70. The van der Waals surface area contributed by atoms with Crippen molar-refractivity contribution in [3.8, 4) is 17.8 Å². The van der Waals surface area contributed by atoms with Crippen LogP contribution < -0.4 is 16.0 Å². The van der Waals surface area contributed by atoms with Gasteiger partial charge in [0.15, 0.2) is 0 Å². The van der Waals surface area contributed by atoms with Crippen molar-refractivity contribution < 1.29 is 2.85 Å². The maximum Gasteiger partial charge on any atom is 0.103 e. The van der Waals surface area contributed by atoms with Gasteiger partial charge in [-0.1, -0.05) is 25.3 Å². The van der Waals surface area contributed by atoms with Crippen molar-refractivity contribution in [2.45, 2.75) is 64.5 Å². The number of hydrogen-bond acceptors (Lipinski definition) is 9. The van der Waals surface area contributed by atoms with Gasteiger partial charge in [0.05, 0.1) is 71.3 Å². The zero-order valence-electron chi connectivity index (χ0n) is 35.6. The van der Waals surface area contributed by atoms with E-state index in [0.29, 0.717) is 11.1 Å². The highest BCUT2D eigenvalue weighted by Crippen LogP contribution is 2.40. The molecule has 3 aromatic heterocycles. The normalized spacial score (nSPS) is 15.2. The summed E-state index contributed by atoms with van der Waals surface area (Å²) in [7, 11) is 3.78. The van der Waals surface area contributed by atoms with Crippen LogP contribution in [0.25, 0.3) is 27.7 Å². The quantitative estimate of drug-likeness (QED) is 0.0991. The van der Waals surface area contributed by atoms with Crippen LogP contribution >= 0.6 is 0 Å². The fraction of sp³-hybridized carbons (Fsp3) is 0.240. The first-order valence-corrected chi connectivity index (χ1v) is 20.9. The van der Waals surface area contributed by atoms with Crippen molar-refractivity contribution in [1.82, 2.24) is 29.3 Å². The lowest BCUT2D eigenvalue weighted by Gasteiger charge is -2.30. The van der Waals surface area contributed by atoms with Crippen LogP contribution in [0, 0.1) is 28.1 Å². The van der Waals surface area contributed by atoms with Crippen LogP contribution in [0.4, 0.5) is 22.7 Å². The van der Waals surface area contributed by atoms with Gasteiger partial charge < -0.3 is 21.4 Å². The number of benzene rings is 4. The van der Waals surface area contributed by atoms with Gasteiger partial charge in [-0.2, -0.15) is 25.8 Å². The summed E-state index contributed by atoms with van der Waals surface area (Å²) in [5, 5.41) is 51.7. The van der Waals surface area contributed by atoms with Crippen molar-refractivity contribution in [3.63, 3.8) is 0 Å². The molecule has 3 heterocycles. The number of fused-ring (bicyclic) bond motifs is 3. The lowest BCUT2D eigenvalue weighted by molar-refractivity contribution is 0.599. The molecule has 9 rings (SSSR count). The summed E-state index contributed by atoms with van der Waals surface area (Å²) in [6.07, 6.45) is 16.8. The topological polar surface area (TPSA) is 161 Å². The number of nitriles is 2. The van der Waals surface area contributed by atoms with Crippen LogP contribution in [0.2, 0.25) is 0 Å². The van der Waals surface area contributed by atoms with Gasteiger partial charge in [-0.05, 0) is 145 Å². The Labute approximate surface area is 365 Å². The first kappa shape index (κ1) is 41.1. The van der Waals surface area contributed by atoms with E-state index in [2.05, 4.69) is 86.9 Å². The van der Waals surface area contributed by atoms with E-state index in [0.717, 1.165) is 106 Å². The first-order chi connectivity index (χ1) is 30.0. The van der Waals surface area contributed by atoms with E-state index in [4.69, 9.17) is 5.41 Å². The van der Waals surface area contributed by atoms with Crippen molar-refractivity contribution >= 4 is 51.0 Å². The van der Waals surface area contributed by atoms with E-state index >= 15 is 0 Å². The number of aryl methyl sites for hydroxylation is 2. The number of rotatable bonds is 10. The minimum atomic E-state index is 0. The summed E-state index contributed by atoms with van der Waals surface area (Å²) in [4.78, 5) is 0. The Morgan fingerprint density at radius 2 is 1.32 bits per heavy atom. The highest BCUT2D eigenvalue weighted by atomic mass is 15.3. The molecule has 2 aliphatic carbocycles. The van der Waals surface area contributed by atoms with E-state index in [1.54, 1.807) is 15.6 Å². The molecule has 0 fully saturated rings. The zero-order valence-corrected chi connectivity index (χ0v) is 35.6. The van der Waals surface area contributed by atoms with Crippen molar-refractivity contribution in [3.05, 3.63) is 155 Å². The Morgan fingerprint density at radius 3 is 1.85 bits per heavy atom. The number of aromatic nitrogens is 6. The second-order valence-corrected chi connectivity index (χ2v) is 16.3. The molecule has 0 spiro atoms. The van der Waals surface area contributed by atoms with Crippen molar-refractivity contribution in [1.29, 1.82) is 15.9 Å². The number of nitrogens with one attached hydrogen (secondary N) is 4. The molecule has 0 radical (unpaired) electrons. The maximum absolute atomic E-state index is 9.55. The fourth-order valence-electron chi connectivity index (χ4n) is 9.01. The van der Waals surface area contributed by atoms with Gasteiger partial charge in [0.2, 0.25) is 0 Å². The smallest absolute Gasteiger partial charge is 0.103 e. The predicted octanol–water partition coefficient (Wildman–Crippen LogP) is 11.2. The van der Waals surface area contributed by atoms with Crippen LogP contribution in [0.3, 0.4) is 0 Å². The Balaban J connectivity index is 0.000000206. The average molecular weight is 823 g/mol. The van der Waals surface area contributed by atoms with Gasteiger partial charge in [0, 0.05) is 57.4 Å². The Bertz CT molecular complexity index is 2960. The number of anilines is 4. The average Bonchev–Trinajstić information content (AvgIpc) is 4.02. The molecule has 0 aliphatic heterocycles. The largest absolute Gasteiger partial charge is 0.378 e. The minimum absolute atomic E-state index is 0. The van der Waals surface area contributed by atoms with E-state index in [1.165, 1.54) is 28.5 Å². The molecule has 12 nitrogen and oxygen atoms in total. The third-order valence-electron chi connectivity index (χ3n) is 11.8. The van der Waals surface area contributed by atoms with Crippen LogP contribution in [0.15, 0.2) is 105 Å². The standard InChI is InChI=1S/C25H24N6.C25H26N6.2H2/c1-16(2)25-17(12-26)8-10-21-22(25)5-4-6-23(21)29-19-9-7-18-13-28-31(24(18)11-19)20-14-27-30(3)15-20;1-16(2)25-18(13-27)8-10-21-22(25)5-4-6-23(21)29-19-9-7-17(12-26)24(11-19)30-20-14-28-31(3)15-20;;/h7-11,13-15,23,29H,1,4-6H2,2-3H3;7-12,14-15,23,26,29-30H,1,4-6H2,2-3H3;2*1H/t2*23-;;/m01../s1. The molecule has 0 bridgehead atoms. The molecule has 12 heteroatoms. The molecule has 0 saturated heterocycles. The fourth-order valence-corrected chi connectivity index (χ4v) is 9.01. The molecule has 314 valence electrons. The maximum atomic E-state index is 9.55. The summed E-state index contributed by atoms with van der Waals surface area (Å²) in [5.41, 5.74) is 16.9. The highest BCUT2D eigenvalue weighted by molar-refractivity contribution is 5.89. The molecule has 4 N–H and O–H groups in total. The van der Waals surface area contributed by atoms with E-state index in [-0.39, 0.29) is 14.9 Å². The highest BCUT2D eigenvalue weighted by Gasteiger charge is 2.26. The second kappa shape index (κ2) is 17.5. The number of allylic oxidation sites excluding steroid dienone is 2. The van der Waals surface area contributed by atoms with E-state index in [9.17, 15) is 10.5 Å². The first-order valence-electron chi connectivity index (χ1n) is 20.9. The molecule has 0 unspecified atom stereocenters. The van der Waals surface area contributed by atoms with Gasteiger partial charge >= 0.3 is 0 Å². The molecular weight excluding hydrogens is 769 g/mol. The molecule has 62 heavy (non-hydrogen) atoms. The van der Waals surface area contributed by atoms with Crippen molar-refractivity contribution in [2.75, 3.05) is 16.0 Å². The van der Waals surface area contributed by atoms with Crippen LogP contribution in [0.5, 0.6) is 0 Å². The van der Waals surface area contributed by atoms with Crippen LogP contribution in [0.1, 0.15) is 105 Å². The Morgan fingerprint density at radius 1 is 0.742 bits per heavy atom. The molecule has 0 saturated carbocycles. The lowest BCUT2D eigenvalue weighted by Crippen LogP contribution is -2.19. The minimum Gasteiger partial charge on any atom is -0.378 e. The molecule has 2 atom stereocenters. The lowest BCUT2D eigenvalue weighted by atomic mass is 9.81. The molecule has 4 aromatic carbocycles. The zero-order chi connectivity index (χ0) is 43.5. The summed E-state index contributed by atoms with van der Waals surface area (Å²) >= 11 is 0. The summed E-state index contributed by atoms with van der Waals surface area (Å²) in [6, 6.07) is 25.4. The third-order valence-corrected chi connectivity index (χ3v) is 11.8. The predicted molar refractivity (Wildman–Crippen MR) is 253 cm³/mol. The SMILES string of the molecule is C=C(C)c1c(C#N)ccc2c1CCC[C@@H]2Nc1ccc2cnn(-c3cnn(C)c3)c2c1.C=C(C)c1c(C#N)ccc2c1CCC[C@H]2Nc1ccc(C=N)c(Nc2cnn(C)c2)c1.[HH].[HH]. The van der Waals surface area contributed by atoms with Crippen molar-refractivity contribution in [2.24, 2.45) is 14.1 Å². The summed E-state index contributed by atoms with van der Waals surface area (Å²) in [5.74, 6) is 0.